The Labute approximate surface area is 78.1 Å². The van der Waals surface area contributed by atoms with Gasteiger partial charge >= 0.3 is 8.56 Å². The van der Waals surface area contributed by atoms with Crippen molar-refractivity contribution in [3.8, 4) is 0 Å². The zero-order valence-electron chi connectivity index (χ0n) is 7.62. The maximum Gasteiger partial charge on any atom is 0.346 e. The van der Waals surface area contributed by atoms with Crippen LogP contribution in [0.25, 0.3) is 0 Å². The van der Waals surface area contributed by atoms with Crippen LogP contribution in [0.1, 0.15) is 13.8 Å². The molecule has 3 nitrogen and oxygen atoms in total. The Morgan fingerprint density at radius 2 is 2.42 bits per heavy atom. The number of hydrogen-bond donors (Lipinski definition) is 0. The highest BCUT2D eigenvalue weighted by Crippen LogP contribution is 2.22. The number of carbonyl (C=O) groups is 1. The van der Waals surface area contributed by atoms with Gasteiger partial charge in [-0.25, -0.2) is 0 Å². The van der Waals surface area contributed by atoms with Gasteiger partial charge in [0.1, 0.15) is 0 Å². The SMILES string of the molecule is CC(=O)SC[Si]1(C)OCC(C)O1. The van der Waals surface area contributed by atoms with E-state index in [1.54, 1.807) is 6.92 Å². The molecule has 0 aromatic heterocycles. The largest absolute Gasteiger partial charge is 0.391 e. The average Bonchev–Trinajstić information content (AvgIpc) is 2.29. The van der Waals surface area contributed by atoms with Gasteiger partial charge in [-0.3, -0.25) is 4.79 Å². The van der Waals surface area contributed by atoms with Crippen LogP contribution in [0.3, 0.4) is 0 Å². The molecular weight excluding hydrogens is 192 g/mol. The quantitative estimate of drug-likeness (QED) is 0.638. The molecule has 0 aromatic rings. The summed E-state index contributed by atoms with van der Waals surface area (Å²) in [5, 5.41) is 0.850. The van der Waals surface area contributed by atoms with Crippen molar-refractivity contribution in [2.45, 2.75) is 26.5 Å². The van der Waals surface area contributed by atoms with Crippen molar-refractivity contribution in [1.29, 1.82) is 0 Å². The van der Waals surface area contributed by atoms with E-state index < -0.39 is 8.56 Å². The summed E-state index contributed by atoms with van der Waals surface area (Å²) >= 11 is 1.30. The van der Waals surface area contributed by atoms with Gasteiger partial charge in [0, 0.05) is 12.3 Å². The minimum absolute atomic E-state index is 0.135. The lowest BCUT2D eigenvalue weighted by atomic mass is 10.5. The van der Waals surface area contributed by atoms with Crippen LogP contribution in [0.2, 0.25) is 6.55 Å². The van der Waals surface area contributed by atoms with Crippen molar-refractivity contribution < 1.29 is 13.6 Å². The summed E-state index contributed by atoms with van der Waals surface area (Å²) in [4.78, 5) is 10.7. The molecule has 0 bridgehead atoms. The summed E-state index contributed by atoms with van der Waals surface area (Å²) in [6.45, 7) is 6.26. The molecule has 2 unspecified atom stereocenters. The lowest BCUT2D eigenvalue weighted by Crippen LogP contribution is -2.37. The van der Waals surface area contributed by atoms with Crippen LogP contribution < -0.4 is 0 Å². The lowest BCUT2D eigenvalue weighted by molar-refractivity contribution is -0.109. The molecule has 0 aliphatic carbocycles. The summed E-state index contributed by atoms with van der Waals surface area (Å²) in [6, 6.07) is 0. The predicted octanol–water partition coefficient (Wildman–Crippen LogP) is 1.31. The number of hydrogen-bond acceptors (Lipinski definition) is 4. The van der Waals surface area contributed by atoms with E-state index in [0.717, 1.165) is 0 Å². The predicted molar refractivity (Wildman–Crippen MR) is 51.3 cm³/mol. The molecular formula is C7H14O3SSi. The summed E-state index contributed by atoms with van der Waals surface area (Å²) < 4.78 is 11.2. The smallest absolute Gasteiger partial charge is 0.346 e. The van der Waals surface area contributed by atoms with E-state index >= 15 is 0 Å². The van der Waals surface area contributed by atoms with Crippen LogP contribution in [0.15, 0.2) is 0 Å². The van der Waals surface area contributed by atoms with Crippen LogP contribution in [0.5, 0.6) is 0 Å². The standard InChI is InChI=1S/C7H14O3SSi/c1-6-4-9-12(3,10-6)5-11-7(2)8/h6H,4-5H2,1-3H3. The first-order valence-corrected chi connectivity index (χ1v) is 7.48. The van der Waals surface area contributed by atoms with E-state index in [2.05, 4.69) is 0 Å². The average molecular weight is 206 g/mol. The van der Waals surface area contributed by atoms with Gasteiger partial charge in [0.05, 0.1) is 12.7 Å². The van der Waals surface area contributed by atoms with Crippen LogP contribution >= 0.6 is 11.8 Å². The Morgan fingerprint density at radius 3 is 2.83 bits per heavy atom. The molecule has 1 aliphatic rings. The topological polar surface area (TPSA) is 35.5 Å². The second-order valence-corrected chi connectivity index (χ2v) is 7.96. The second-order valence-electron chi connectivity index (χ2n) is 3.15. The van der Waals surface area contributed by atoms with E-state index in [1.807, 2.05) is 13.5 Å². The van der Waals surface area contributed by atoms with Gasteiger partial charge in [-0.2, -0.15) is 0 Å². The molecule has 2 atom stereocenters. The van der Waals surface area contributed by atoms with Gasteiger partial charge in [-0.05, 0) is 13.5 Å². The highest BCUT2D eigenvalue weighted by molar-refractivity contribution is 8.14. The molecule has 1 saturated heterocycles. The Bertz CT molecular complexity index is 187. The molecule has 0 aromatic carbocycles. The molecule has 0 amide bonds. The molecule has 1 aliphatic heterocycles. The lowest BCUT2D eigenvalue weighted by Gasteiger charge is -2.17. The van der Waals surface area contributed by atoms with E-state index in [9.17, 15) is 4.79 Å². The van der Waals surface area contributed by atoms with E-state index in [4.69, 9.17) is 8.85 Å². The van der Waals surface area contributed by atoms with Crippen LogP contribution in [-0.2, 0) is 13.6 Å². The minimum atomic E-state index is -1.97. The van der Waals surface area contributed by atoms with Crippen LogP contribution in [0, 0.1) is 0 Å². The number of rotatable bonds is 2. The van der Waals surface area contributed by atoms with Crippen molar-refractivity contribution in [3.63, 3.8) is 0 Å². The molecule has 1 rings (SSSR count). The fourth-order valence-electron chi connectivity index (χ4n) is 1.10. The van der Waals surface area contributed by atoms with Gasteiger partial charge < -0.3 is 8.85 Å². The third-order valence-corrected chi connectivity index (χ3v) is 6.37. The van der Waals surface area contributed by atoms with E-state index in [1.165, 1.54) is 11.8 Å². The summed E-state index contributed by atoms with van der Waals surface area (Å²) in [7, 11) is -1.97. The highest BCUT2D eigenvalue weighted by atomic mass is 32.2. The zero-order valence-corrected chi connectivity index (χ0v) is 9.44. The Hall–Kier alpha value is 0.157. The second kappa shape index (κ2) is 3.91. The first-order chi connectivity index (χ1) is 5.52. The zero-order chi connectivity index (χ0) is 9.19. The molecule has 0 radical (unpaired) electrons. The summed E-state index contributed by atoms with van der Waals surface area (Å²) in [5.41, 5.74) is 0. The van der Waals surface area contributed by atoms with Crippen molar-refractivity contribution in [2.24, 2.45) is 0 Å². The molecule has 1 fully saturated rings. The van der Waals surface area contributed by atoms with Crippen molar-refractivity contribution in [2.75, 3.05) is 12.0 Å². The van der Waals surface area contributed by atoms with Gasteiger partial charge in [-0.15, -0.1) is 0 Å². The fourth-order valence-corrected chi connectivity index (χ4v) is 5.14. The summed E-state index contributed by atoms with van der Waals surface area (Å²) in [5.74, 6) is 0. The Kier molecular flexibility index (Phi) is 3.34. The highest BCUT2D eigenvalue weighted by Gasteiger charge is 2.39. The third kappa shape index (κ3) is 2.89. The van der Waals surface area contributed by atoms with Crippen LogP contribution in [0.4, 0.5) is 0 Å². The molecule has 5 heteroatoms. The van der Waals surface area contributed by atoms with Crippen LogP contribution in [-0.4, -0.2) is 31.8 Å². The van der Waals surface area contributed by atoms with E-state index in [0.29, 0.717) is 12.0 Å². The Balaban J connectivity index is 2.35. The van der Waals surface area contributed by atoms with Gasteiger partial charge in [0.25, 0.3) is 0 Å². The number of carbonyl (C=O) groups excluding carboxylic acids is 1. The first kappa shape index (κ1) is 10.2. The Morgan fingerprint density at radius 1 is 1.75 bits per heavy atom. The van der Waals surface area contributed by atoms with E-state index in [-0.39, 0.29) is 11.2 Å². The normalized spacial score (nSPS) is 35.4. The minimum Gasteiger partial charge on any atom is -0.391 e. The molecule has 70 valence electrons. The maximum absolute atomic E-state index is 10.7. The first-order valence-electron chi connectivity index (χ1n) is 3.97. The monoisotopic (exact) mass is 206 g/mol. The fraction of sp³-hybridized carbons (Fsp3) is 0.857. The van der Waals surface area contributed by atoms with Gasteiger partial charge in [-0.1, -0.05) is 11.8 Å². The maximum atomic E-state index is 10.7. The van der Waals surface area contributed by atoms with Crippen molar-refractivity contribution >= 4 is 25.4 Å². The molecule has 0 saturated carbocycles. The summed E-state index contributed by atoms with van der Waals surface area (Å²) in [6.07, 6.45) is 0.203. The van der Waals surface area contributed by atoms with Gasteiger partial charge in [0.15, 0.2) is 5.12 Å². The van der Waals surface area contributed by atoms with Crippen molar-refractivity contribution in [1.82, 2.24) is 0 Å². The van der Waals surface area contributed by atoms with Crippen molar-refractivity contribution in [3.05, 3.63) is 0 Å². The third-order valence-electron chi connectivity index (χ3n) is 1.61. The molecule has 12 heavy (non-hydrogen) atoms. The molecule has 1 heterocycles. The number of thioether (sulfide) groups is 1. The van der Waals surface area contributed by atoms with Gasteiger partial charge in [0.2, 0.25) is 0 Å². The molecule has 0 N–H and O–H groups in total. The molecule has 0 spiro atoms.